The Kier molecular flexibility index (Phi) is 4.15. The number of carboxylic acids is 1. The summed E-state index contributed by atoms with van der Waals surface area (Å²) in [6.45, 7) is 4.00. The van der Waals surface area contributed by atoms with Crippen LogP contribution in [0.25, 0.3) is 0 Å². The molecule has 2 atom stereocenters. The van der Waals surface area contributed by atoms with Crippen LogP contribution in [0.1, 0.15) is 48.5 Å². The molecule has 4 heteroatoms. The third-order valence-electron chi connectivity index (χ3n) is 4.75. The number of hydrogen-bond donors (Lipinski definition) is 1. The van der Waals surface area contributed by atoms with E-state index in [1.165, 1.54) is 0 Å². The highest BCUT2D eigenvalue weighted by Crippen LogP contribution is 2.34. The molecule has 2 unspecified atom stereocenters. The molecule has 0 saturated carbocycles. The van der Waals surface area contributed by atoms with Gasteiger partial charge in [0.15, 0.2) is 0 Å². The maximum absolute atomic E-state index is 11.4. The maximum Gasteiger partial charge on any atom is 0.336 e. The first-order chi connectivity index (χ1) is 10.2. The molecule has 1 saturated heterocycles. The van der Waals surface area contributed by atoms with E-state index >= 15 is 0 Å². The summed E-state index contributed by atoms with van der Waals surface area (Å²) in [5.41, 5.74) is 2.61. The average Bonchev–Trinajstić information content (AvgIpc) is 2.53. The fourth-order valence-corrected chi connectivity index (χ4v) is 3.66. The number of hydrogen-bond acceptors (Lipinski definition) is 3. The summed E-state index contributed by atoms with van der Waals surface area (Å²) in [6, 6.07) is 6.16. The van der Waals surface area contributed by atoms with E-state index in [1.54, 1.807) is 6.07 Å². The molecule has 21 heavy (non-hydrogen) atoms. The standard InChI is InChI=1S/C17H23NO3/c1-2-13-11-12(8-10-21-13)18-9-4-6-14-15(17(19)20)5-3-7-16(14)18/h3,5,7,12-13H,2,4,6,8-11H2,1H3,(H,19,20). The number of ether oxygens (including phenoxy) is 1. The van der Waals surface area contributed by atoms with E-state index in [-0.39, 0.29) is 0 Å². The number of fused-ring (bicyclic) bond motifs is 1. The Labute approximate surface area is 125 Å². The normalized spacial score (nSPS) is 25.5. The fourth-order valence-electron chi connectivity index (χ4n) is 3.66. The minimum absolute atomic E-state index is 0.344. The Balaban J connectivity index is 1.90. The Morgan fingerprint density at radius 1 is 1.48 bits per heavy atom. The van der Waals surface area contributed by atoms with Gasteiger partial charge in [0.05, 0.1) is 11.7 Å². The monoisotopic (exact) mass is 289 g/mol. The van der Waals surface area contributed by atoms with Crippen molar-refractivity contribution in [1.82, 2.24) is 0 Å². The largest absolute Gasteiger partial charge is 0.478 e. The van der Waals surface area contributed by atoms with E-state index in [9.17, 15) is 9.90 Å². The van der Waals surface area contributed by atoms with Gasteiger partial charge in [-0.15, -0.1) is 0 Å². The van der Waals surface area contributed by atoms with Gasteiger partial charge in [-0.05, 0) is 49.8 Å². The molecule has 114 valence electrons. The highest BCUT2D eigenvalue weighted by Gasteiger charge is 2.30. The first kappa shape index (κ1) is 14.4. The predicted octanol–water partition coefficient (Wildman–Crippen LogP) is 3.10. The number of carbonyl (C=O) groups is 1. The highest BCUT2D eigenvalue weighted by molar-refractivity contribution is 5.91. The van der Waals surface area contributed by atoms with Crippen molar-refractivity contribution >= 4 is 11.7 Å². The maximum atomic E-state index is 11.4. The van der Waals surface area contributed by atoms with Crippen LogP contribution in [0.4, 0.5) is 5.69 Å². The first-order valence-electron chi connectivity index (χ1n) is 7.94. The van der Waals surface area contributed by atoms with Crippen LogP contribution in [-0.4, -0.2) is 36.4 Å². The molecule has 0 aliphatic carbocycles. The van der Waals surface area contributed by atoms with Crippen LogP contribution in [-0.2, 0) is 11.2 Å². The molecule has 1 aromatic carbocycles. The van der Waals surface area contributed by atoms with Crippen molar-refractivity contribution in [3.63, 3.8) is 0 Å². The van der Waals surface area contributed by atoms with Gasteiger partial charge in [-0.2, -0.15) is 0 Å². The summed E-state index contributed by atoms with van der Waals surface area (Å²) in [4.78, 5) is 13.8. The quantitative estimate of drug-likeness (QED) is 0.929. The van der Waals surface area contributed by atoms with Crippen LogP contribution in [0.3, 0.4) is 0 Å². The summed E-state index contributed by atoms with van der Waals surface area (Å²) in [6.07, 6.45) is 5.38. The van der Waals surface area contributed by atoms with E-state index < -0.39 is 5.97 Å². The molecule has 1 N–H and O–H groups in total. The molecule has 3 rings (SSSR count). The molecular weight excluding hydrogens is 266 g/mol. The van der Waals surface area contributed by atoms with Crippen LogP contribution in [0.15, 0.2) is 18.2 Å². The minimum atomic E-state index is -0.813. The van der Waals surface area contributed by atoms with Crippen LogP contribution >= 0.6 is 0 Å². The fraction of sp³-hybridized carbons (Fsp3) is 0.588. The van der Waals surface area contributed by atoms with Crippen LogP contribution in [0.2, 0.25) is 0 Å². The van der Waals surface area contributed by atoms with Crippen LogP contribution in [0, 0.1) is 0 Å². The smallest absolute Gasteiger partial charge is 0.336 e. The second-order valence-corrected chi connectivity index (χ2v) is 5.98. The lowest BCUT2D eigenvalue weighted by Gasteiger charge is -2.42. The van der Waals surface area contributed by atoms with Gasteiger partial charge in [-0.1, -0.05) is 13.0 Å². The van der Waals surface area contributed by atoms with Crippen molar-refractivity contribution in [1.29, 1.82) is 0 Å². The molecular formula is C17H23NO3. The zero-order valence-corrected chi connectivity index (χ0v) is 12.5. The lowest BCUT2D eigenvalue weighted by atomic mass is 9.92. The van der Waals surface area contributed by atoms with Crippen LogP contribution in [0.5, 0.6) is 0 Å². The molecule has 1 aromatic rings. The lowest BCUT2D eigenvalue weighted by molar-refractivity contribution is 0.00457. The van der Waals surface area contributed by atoms with Crippen molar-refractivity contribution in [3.05, 3.63) is 29.3 Å². The van der Waals surface area contributed by atoms with Crippen molar-refractivity contribution in [2.75, 3.05) is 18.1 Å². The van der Waals surface area contributed by atoms with Gasteiger partial charge in [-0.25, -0.2) is 4.79 Å². The minimum Gasteiger partial charge on any atom is -0.478 e. The molecule has 0 bridgehead atoms. The number of nitrogens with zero attached hydrogens (tertiary/aromatic N) is 1. The molecule has 0 amide bonds. The van der Waals surface area contributed by atoms with Gasteiger partial charge in [0.2, 0.25) is 0 Å². The zero-order chi connectivity index (χ0) is 14.8. The zero-order valence-electron chi connectivity index (χ0n) is 12.5. The number of benzene rings is 1. The molecule has 1 fully saturated rings. The molecule has 0 spiro atoms. The van der Waals surface area contributed by atoms with Crippen molar-refractivity contribution in [2.24, 2.45) is 0 Å². The molecule has 0 radical (unpaired) electrons. The Morgan fingerprint density at radius 3 is 3.10 bits per heavy atom. The first-order valence-corrected chi connectivity index (χ1v) is 7.94. The molecule has 4 nitrogen and oxygen atoms in total. The number of rotatable bonds is 3. The second-order valence-electron chi connectivity index (χ2n) is 5.98. The molecule has 2 aliphatic heterocycles. The highest BCUT2D eigenvalue weighted by atomic mass is 16.5. The summed E-state index contributed by atoms with van der Waals surface area (Å²) < 4.78 is 5.78. The molecule has 0 aromatic heterocycles. The SMILES string of the molecule is CCC1CC(N2CCCc3c(C(=O)O)cccc32)CCO1. The topological polar surface area (TPSA) is 49.8 Å². The second kappa shape index (κ2) is 6.06. The van der Waals surface area contributed by atoms with E-state index in [0.717, 1.165) is 56.5 Å². The Morgan fingerprint density at radius 2 is 2.33 bits per heavy atom. The van der Waals surface area contributed by atoms with E-state index in [1.807, 2.05) is 6.07 Å². The summed E-state index contributed by atoms with van der Waals surface area (Å²) >= 11 is 0. The number of aromatic carboxylic acids is 1. The van der Waals surface area contributed by atoms with Gasteiger partial charge in [0.1, 0.15) is 0 Å². The van der Waals surface area contributed by atoms with E-state index in [4.69, 9.17) is 4.74 Å². The third kappa shape index (κ3) is 2.77. The summed E-state index contributed by atoms with van der Waals surface area (Å²) in [5.74, 6) is -0.813. The predicted molar refractivity (Wildman–Crippen MR) is 82.1 cm³/mol. The third-order valence-corrected chi connectivity index (χ3v) is 4.75. The van der Waals surface area contributed by atoms with Gasteiger partial charge < -0.3 is 14.7 Å². The average molecular weight is 289 g/mol. The Bertz CT molecular complexity index is 529. The summed E-state index contributed by atoms with van der Waals surface area (Å²) in [7, 11) is 0. The van der Waals surface area contributed by atoms with Gasteiger partial charge in [0.25, 0.3) is 0 Å². The van der Waals surface area contributed by atoms with Crippen LogP contribution < -0.4 is 4.90 Å². The van der Waals surface area contributed by atoms with Crippen molar-refractivity contribution in [3.8, 4) is 0 Å². The van der Waals surface area contributed by atoms with E-state index in [0.29, 0.717) is 17.7 Å². The Hall–Kier alpha value is -1.55. The number of carboxylic acid groups (broad SMARTS) is 1. The van der Waals surface area contributed by atoms with E-state index in [2.05, 4.69) is 17.9 Å². The van der Waals surface area contributed by atoms with Gasteiger partial charge >= 0.3 is 5.97 Å². The summed E-state index contributed by atoms with van der Waals surface area (Å²) in [5, 5.41) is 9.38. The van der Waals surface area contributed by atoms with Gasteiger partial charge in [-0.3, -0.25) is 0 Å². The van der Waals surface area contributed by atoms with Crippen molar-refractivity contribution < 1.29 is 14.6 Å². The lowest BCUT2D eigenvalue weighted by Crippen LogP contribution is -2.45. The molecule has 2 heterocycles. The molecule has 2 aliphatic rings. The van der Waals surface area contributed by atoms with Crippen molar-refractivity contribution in [2.45, 2.75) is 51.2 Å². The number of anilines is 1. The van der Waals surface area contributed by atoms with Gasteiger partial charge in [0, 0.05) is 24.9 Å².